The SMILES string of the molecule is CCc1ccc2c(c1)[C@]1(C[C@H]1c1ccc3c(-c4cccc(CN5CCOCC5)c4)n[nH]c3c1)C(=O)N2.O=C(O)C(F)(F)F. The van der Waals surface area contributed by atoms with E-state index in [1.165, 1.54) is 22.3 Å². The molecule has 43 heavy (non-hydrogen) atoms. The number of aliphatic carboxylic acids is 1. The first-order valence-corrected chi connectivity index (χ1v) is 14.2. The van der Waals surface area contributed by atoms with Crippen LogP contribution in [-0.4, -0.2) is 64.6 Å². The first-order chi connectivity index (χ1) is 20.6. The lowest BCUT2D eigenvalue weighted by Crippen LogP contribution is -2.35. The average Bonchev–Trinajstić information content (AvgIpc) is 3.52. The molecule has 1 amide bonds. The molecule has 2 atom stereocenters. The number of carboxylic acids is 1. The Balaban J connectivity index is 0.000000423. The Labute approximate surface area is 245 Å². The normalized spacial score (nSPS) is 21.3. The lowest BCUT2D eigenvalue weighted by atomic mass is 9.90. The van der Waals surface area contributed by atoms with E-state index in [2.05, 4.69) is 82.9 Å². The summed E-state index contributed by atoms with van der Waals surface area (Å²) in [6.07, 6.45) is -3.26. The monoisotopic (exact) mass is 592 g/mol. The third-order valence-electron chi connectivity index (χ3n) is 8.53. The molecule has 3 heterocycles. The summed E-state index contributed by atoms with van der Waals surface area (Å²) in [7, 11) is 0. The number of nitrogens with one attached hydrogen (secondary N) is 2. The molecule has 2 fully saturated rings. The van der Waals surface area contributed by atoms with Crippen molar-refractivity contribution in [1.29, 1.82) is 0 Å². The summed E-state index contributed by atoms with van der Waals surface area (Å²) in [6.45, 7) is 6.65. The molecule has 3 N–H and O–H groups in total. The van der Waals surface area contributed by atoms with E-state index in [0.717, 1.165) is 73.5 Å². The fourth-order valence-electron chi connectivity index (χ4n) is 6.17. The molecular weight excluding hydrogens is 561 g/mol. The van der Waals surface area contributed by atoms with Crippen LogP contribution in [0.4, 0.5) is 18.9 Å². The minimum atomic E-state index is -5.08. The molecule has 0 radical (unpaired) electrons. The number of aromatic nitrogens is 2. The summed E-state index contributed by atoms with van der Waals surface area (Å²) in [6, 6.07) is 21.6. The van der Waals surface area contributed by atoms with Crippen molar-refractivity contribution in [2.24, 2.45) is 0 Å². The molecule has 0 unspecified atom stereocenters. The van der Waals surface area contributed by atoms with Crippen LogP contribution < -0.4 is 5.32 Å². The first kappa shape index (κ1) is 28.9. The van der Waals surface area contributed by atoms with Crippen LogP contribution in [0.2, 0.25) is 0 Å². The van der Waals surface area contributed by atoms with Crippen molar-refractivity contribution < 1.29 is 32.6 Å². The van der Waals surface area contributed by atoms with E-state index in [1.54, 1.807) is 0 Å². The number of carbonyl (C=O) groups excluding carboxylic acids is 1. The number of morpholine rings is 1. The number of nitrogens with zero attached hydrogens (tertiary/aromatic N) is 2. The predicted octanol–water partition coefficient (Wildman–Crippen LogP) is 5.64. The van der Waals surface area contributed by atoms with Crippen LogP contribution in [0.5, 0.6) is 0 Å². The van der Waals surface area contributed by atoms with Gasteiger partial charge >= 0.3 is 12.1 Å². The highest BCUT2D eigenvalue weighted by Gasteiger charge is 2.65. The van der Waals surface area contributed by atoms with Crippen LogP contribution in [0.25, 0.3) is 22.2 Å². The Morgan fingerprint density at radius 1 is 1.09 bits per heavy atom. The molecular formula is C32H31F3N4O4. The number of alkyl halides is 3. The summed E-state index contributed by atoms with van der Waals surface area (Å²) in [5.41, 5.74) is 8.60. The van der Waals surface area contributed by atoms with Crippen LogP contribution >= 0.6 is 0 Å². The summed E-state index contributed by atoms with van der Waals surface area (Å²) in [5, 5.41) is 19.3. The van der Waals surface area contributed by atoms with E-state index in [9.17, 15) is 18.0 Å². The maximum Gasteiger partial charge on any atom is 0.490 e. The van der Waals surface area contributed by atoms with Gasteiger partial charge in [-0.15, -0.1) is 0 Å². The van der Waals surface area contributed by atoms with E-state index in [0.29, 0.717) is 0 Å². The number of ether oxygens (including phenoxy) is 1. The van der Waals surface area contributed by atoms with Gasteiger partial charge in [0.25, 0.3) is 0 Å². The second kappa shape index (κ2) is 11.1. The second-order valence-corrected chi connectivity index (χ2v) is 11.2. The fourth-order valence-corrected chi connectivity index (χ4v) is 6.17. The van der Waals surface area contributed by atoms with Crippen LogP contribution in [-0.2, 0) is 32.7 Å². The molecule has 8 nitrogen and oxygen atoms in total. The van der Waals surface area contributed by atoms with Crippen LogP contribution in [0.3, 0.4) is 0 Å². The van der Waals surface area contributed by atoms with E-state index >= 15 is 0 Å². The maximum absolute atomic E-state index is 13.1. The number of fused-ring (bicyclic) bond motifs is 3. The third kappa shape index (κ3) is 5.50. The third-order valence-corrected chi connectivity index (χ3v) is 8.53. The number of carboxylic acid groups (broad SMARTS) is 1. The Morgan fingerprint density at radius 2 is 1.86 bits per heavy atom. The zero-order valence-corrected chi connectivity index (χ0v) is 23.5. The minimum Gasteiger partial charge on any atom is -0.475 e. The molecule has 1 aliphatic carbocycles. The quantitative estimate of drug-likeness (QED) is 0.277. The Kier molecular flexibility index (Phi) is 7.47. The number of anilines is 1. The first-order valence-electron chi connectivity index (χ1n) is 14.2. The van der Waals surface area contributed by atoms with Crippen molar-refractivity contribution in [3.05, 3.63) is 82.9 Å². The van der Waals surface area contributed by atoms with Gasteiger partial charge in [-0.1, -0.05) is 49.4 Å². The number of hydrogen-bond acceptors (Lipinski definition) is 5. The summed E-state index contributed by atoms with van der Waals surface area (Å²) in [5.74, 6) is -2.43. The summed E-state index contributed by atoms with van der Waals surface area (Å²) in [4.78, 5) is 24.4. The van der Waals surface area contributed by atoms with Gasteiger partial charge in [-0.05, 0) is 53.3 Å². The van der Waals surface area contributed by atoms with Gasteiger partial charge < -0.3 is 15.2 Å². The van der Waals surface area contributed by atoms with E-state index in [4.69, 9.17) is 19.7 Å². The zero-order valence-electron chi connectivity index (χ0n) is 23.5. The van der Waals surface area contributed by atoms with Gasteiger partial charge in [-0.25, -0.2) is 4.79 Å². The van der Waals surface area contributed by atoms with Crippen molar-refractivity contribution in [2.75, 3.05) is 31.6 Å². The highest BCUT2D eigenvalue weighted by Crippen LogP contribution is 2.65. The molecule has 3 aliphatic rings. The standard InChI is InChI=1S/C30H30N4O2.C2HF3O2/c1-2-19-6-9-26-24(15-19)30(29(35)31-26)17-25(30)21-7-8-23-27(16-21)32-33-28(23)22-5-3-4-20(14-22)18-34-10-12-36-13-11-34;3-2(4,5)1(6)7/h3-9,14-16,25H,2,10-13,17-18H2,1H3,(H,31,35)(H,32,33);(H,6,7)/t25-,30-;/m0./s1. The smallest absolute Gasteiger partial charge is 0.475 e. The van der Waals surface area contributed by atoms with E-state index < -0.39 is 17.6 Å². The van der Waals surface area contributed by atoms with Gasteiger partial charge in [-0.3, -0.25) is 14.8 Å². The highest BCUT2D eigenvalue weighted by molar-refractivity contribution is 6.10. The van der Waals surface area contributed by atoms with Gasteiger partial charge in [0.1, 0.15) is 0 Å². The van der Waals surface area contributed by atoms with Crippen molar-refractivity contribution in [2.45, 2.75) is 43.8 Å². The van der Waals surface area contributed by atoms with Crippen LogP contribution in [0.1, 0.15) is 41.5 Å². The van der Waals surface area contributed by atoms with E-state index in [1.807, 2.05) is 0 Å². The maximum atomic E-state index is 13.1. The largest absolute Gasteiger partial charge is 0.490 e. The minimum absolute atomic E-state index is 0.137. The van der Waals surface area contributed by atoms with Gasteiger partial charge in [-0.2, -0.15) is 18.3 Å². The number of carbonyl (C=O) groups is 2. The second-order valence-electron chi connectivity index (χ2n) is 11.2. The number of aromatic amines is 1. The number of aryl methyl sites for hydroxylation is 1. The number of hydrogen-bond donors (Lipinski definition) is 3. The average molecular weight is 593 g/mol. The van der Waals surface area contributed by atoms with Gasteiger partial charge in [0.2, 0.25) is 5.91 Å². The molecule has 1 saturated heterocycles. The Bertz CT molecular complexity index is 1700. The fraction of sp³-hybridized carbons (Fsp3) is 0.344. The number of amides is 1. The molecule has 224 valence electrons. The molecule has 3 aromatic carbocycles. The van der Waals surface area contributed by atoms with E-state index in [-0.39, 0.29) is 11.8 Å². The van der Waals surface area contributed by atoms with Crippen LogP contribution in [0.15, 0.2) is 60.7 Å². The van der Waals surface area contributed by atoms with Gasteiger partial charge in [0, 0.05) is 42.2 Å². The predicted molar refractivity (Wildman–Crippen MR) is 155 cm³/mol. The molecule has 2 aliphatic heterocycles. The molecule has 11 heteroatoms. The summed E-state index contributed by atoms with van der Waals surface area (Å²) >= 11 is 0. The molecule has 1 saturated carbocycles. The molecule has 0 bridgehead atoms. The van der Waals surface area contributed by atoms with Gasteiger partial charge in [0.05, 0.1) is 29.8 Å². The molecule has 4 aromatic rings. The lowest BCUT2D eigenvalue weighted by molar-refractivity contribution is -0.192. The van der Waals surface area contributed by atoms with Crippen molar-refractivity contribution in [3.8, 4) is 11.3 Å². The van der Waals surface area contributed by atoms with Crippen molar-refractivity contribution >= 4 is 28.5 Å². The number of halogens is 3. The molecule has 7 rings (SSSR count). The number of benzene rings is 3. The number of H-pyrrole nitrogens is 1. The van der Waals surface area contributed by atoms with Gasteiger partial charge in [0.15, 0.2) is 0 Å². The Hall–Kier alpha value is -4.22. The molecule has 1 aromatic heterocycles. The topological polar surface area (TPSA) is 108 Å². The number of rotatable bonds is 5. The zero-order chi connectivity index (χ0) is 30.4. The van der Waals surface area contributed by atoms with Crippen molar-refractivity contribution in [1.82, 2.24) is 15.1 Å². The lowest BCUT2D eigenvalue weighted by Gasteiger charge is -2.26. The van der Waals surface area contributed by atoms with Crippen molar-refractivity contribution in [3.63, 3.8) is 0 Å². The summed E-state index contributed by atoms with van der Waals surface area (Å²) < 4.78 is 37.2. The Morgan fingerprint density at radius 3 is 2.58 bits per heavy atom. The van der Waals surface area contributed by atoms with Crippen LogP contribution in [0, 0.1) is 0 Å². The highest BCUT2D eigenvalue weighted by atomic mass is 19.4. The molecule has 1 spiro atoms.